The van der Waals surface area contributed by atoms with Gasteiger partial charge in [0.1, 0.15) is 17.2 Å². The van der Waals surface area contributed by atoms with E-state index >= 15 is 0 Å². The molecule has 0 spiro atoms. The normalized spacial score (nSPS) is 11.2. The predicted molar refractivity (Wildman–Crippen MR) is 127 cm³/mol. The van der Waals surface area contributed by atoms with Gasteiger partial charge in [-0.2, -0.15) is 0 Å². The number of aromatic amines is 2. The van der Waals surface area contributed by atoms with Crippen molar-refractivity contribution in [2.24, 2.45) is 5.73 Å². The van der Waals surface area contributed by atoms with Gasteiger partial charge in [-0.25, -0.2) is 9.97 Å². The Bertz CT molecular complexity index is 1500. The summed E-state index contributed by atoms with van der Waals surface area (Å²) in [6.07, 6.45) is 0.567. The van der Waals surface area contributed by atoms with E-state index in [9.17, 15) is 9.59 Å². The molecule has 0 aliphatic rings. The molecule has 0 atom stereocenters. The molecule has 0 saturated carbocycles. The second-order valence-corrected chi connectivity index (χ2v) is 8.02. The Morgan fingerprint density at radius 1 is 0.970 bits per heavy atom. The summed E-state index contributed by atoms with van der Waals surface area (Å²) in [5, 5.41) is 3.54. The van der Waals surface area contributed by atoms with E-state index < -0.39 is 5.91 Å². The van der Waals surface area contributed by atoms with Crippen LogP contribution in [0.15, 0.2) is 60.7 Å². The summed E-state index contributed by atoms with van der Waals surface area (Å²) in [6, 6.07) is 17.8. The minimum absolute atomic E-state index is 0.179. The summed E-state index contributed by atoms with van der Waals surface area (Å²) in [7, 11) is 0. The molecule has 3 aromatic carbocycles. The summed E-state index contributed by atoms with van der Waals surface area (Å²) < 4.78 is 0. The molecule has 33 heavy (non-hydrogen) atoms. The fraction of sp³-hybridized carbons (Fsp3) is 0.0833. The largest absolute Gasteiger partial charge is 0.366 e. The first-order valence-electron chi connectivity index (χ1n) is 10.3. The van der Waals surface area contributed by atoms with Crippen LogP contribution in [0.1, 0.15) is 26.5 Å². The quantitative estimate of drug-likeness (QED) is 0.308. The first kappa shape index (κ1) is 20.7. The van der Waals surface area contributed by atoms with Crippen molar-refractivity contribution < 1.29 is 9.59 Å². The smallest absolute Gasteiger partial charge is 0.251 e. The van der Waals surface area contributed by atoms with Crippen LogP contribution in [0.3, 0.4) is 0 Å². The van der Waals surface area contributed by atoms with Gasteiger partial charge in [0.15, 0.2) is 0 Å². The molecule has 0 aliphatic carbocycles. The molecular weight excluding hydrogens is 440 g/mol. The number of carbonyl (C=O) groups is 2. The van der Waals surface area contributed by atoms with E-state index in [0.29, 0.717) is 40.5 Å². The molecule has 5 aromatic rings. The summed E-state index contributed by atoms with van der Waals surface area (Å²) in [5.41, 5.74) is 10.1. The van der Waals surface area contributed by atoms with Gasteiger partial charge in [-0.05, 0) is 42.5 Å². The lowest BCUT2D eigenvalue weighted by Gasteiger charge is -2.05. The minimum atomic E-state index is -0.530. The molecule has 0 unspecified atom stereocenters. The van der Waals surface area contributed by atoms with Gasteiger partial charge in [0, 0.05) is 29.1 Å². The third-order valence-corrected chi connectivity index (χ3v) is 5.58. The van der Waals surface area contributed by atoms with Crippen molar-refractivity contribution >= 4 is 45.5 Å². The Balaban J connectivity index is 1.25. The summed E-state index contributed by atoms with van der Waals surface area (Å²) in [5.74, 6) is 0.664. The fourth-order valence-electron chi connectivity index (χ4n) is 3.69. The summed E-state index contributed by atoms with van der Waals surface area (Å²) >= 11 is 6.00. The number of primary amides is 1. The molecule has 9 heteroatoms. The van der Waals surface area contributed by atoms with Crippen molar-refractivity contribution in [2.45, 2.75) is 6.42 Å². The number of nitrogens with one attached hydrogen (secondary N) is 3. The number of amides is 2. The molecule has 2 aromatic heterocycles. The standard InChI is InChI=1S/C24H19ClN6O2/c25-15-8-9-17-19(12-15)29-20(28-17)10-11-27-24(33)14-6-4-13(5-7-14)23-30-18-3-1-2-16(22(26)32)21(18)31-23/h1-9,12H,10-11H2,(H2,26,32)(H,27,33)(H,28,29)(H,30,31). The third kappa shape index (κ3) is 4.16. The second-order valence-electron chi connectivity index (χ2n) is 7.58. The van der Waals surface area contributed by atoms with Crippen LogP contribution in [-0.2, 0) is 6.42 Å². The van der Waals surface area contributed by atoms with Gasteiger partial charge >= 0.3 is 0 Å². The van der Waals surface area contributed by atoms with Crippen LogP contribution in [0.4, 0.5) is 0 Å². The number of hydrogen-bond donors (Lipinski definition) is 4. The number of halogens is 1. The van der Waals surface area contributed by atoms with Crippen LogP contribution in [0, 0.1) is 0 Å². The van der Waals surface area contributed by atoms with Crippen LogP contribution < -0.4 is 11.1 Å². The fourth-order valence-corrected chi connectivity index (χ4v) is 3.86. The minimum Gasteiger partial charge on any atom is -0.366 e. The van der Waals surface area contributed by atoms with Crippen LogP contribution >= 0.6 is 11.6 Å². The highest BCUT2D eigenvalue weighted by molar-refractivity contribution is 6.31. The van der Waals surface area contributed by atoms with Crippen LogP contribution in [0.25, 0.3) is 33.5 Å². The third-order valence-electron chi connectivity index (χ3n) is 5.34. The van der Waals surface area contributed by atoms with E-state index in [1.807, 2.05) is 12.1 Å². The van der Waals surface area contributed by atoms with Gasteiger partial charge in [0.2, 0.25) is 0 Å². The summed E-state index contributed by atoms with van der Waals surface area (Å²) in [6.45, 7) is 0.438. The highest BCUT2D eigenvalue weighted by Gasteiger charge is 2.13. The average molecular weight is 459 g/mol. The number of nitrogens with zero attached hydrogens (tertiary/aromatic N) is 2. The number of H-pyrrole nitrogens is 2. The Morgan fingerprint density at radius 3 is 2.58 bits per heavy atom. The highest BCUT2D eigenvalue weighted by atomic mass is 35.5. The van der Waals surface area contributed by atoms with Crippen molar-refractivity contribution in [3.05, 3.63) is 82.6 Å². The maximum Gasteiger partial charge on any atom is 0.251 e. The first-order valence-corrected chi connectivity index (χ1v) is 10.7. The van der Waals surface area contributed by atoms with E-state index in [4.69, 9.17) is 17.3 Å². The van der Waals surface area contributed by atoms with E-state index in [0.717, 1.165) is 27.9 Å². The summed E-state index contributed by atoms with van der Waals surface area (Å²) in [4.78, 5) is 39.6. The number of nitrogens with two attached hydrogens (primary N) is 1. The number of hydrogen-bond acceptors (Lipinski definition) is 4. The molecule has 2 heterocycles. The maximum atomic E-state index is 12.5. The van der Waals surface area contributed by atoms with E-state index in [1.165, 1.54) is 0 Å². The zero-order valence-electron chi connectivity index (χ0n) is 17.4. The lowest BCUT2D eigenvalue weighted by molar-refractivity contribution is 0.0952. The molecule has 164 valence electrons. The van der Waals surface area contributed by atoms with Gasteiger partial charge in [0.05, 0.1) is 22.1 Å². The zero-order chi connectivity index (χ0) is 22.9. The maximum absolute atomic E-state index is 12.5. The molecule has 2 amide bonds. The predicted octanol–water partition coefficient (Wildman–Crippen LogP) is 3.83. The van der Waals surface area contributed by atoms with Crippen molar-refractivity contribution in [1.29, 1.82) is 0 Å². The monoisotopic (exact) mass is 458 g/mol. The molecule has 5 N–H and O–H groups in total. The number of rotatable bonds is 6. The molecular formula is C24H19ClN6O2. The average Bonchev–Trinajstić information content (AvgIpc) is 3.42. The topological polar surface area (TPSA) is 130 Å². The lowest BCUT2D eigenvalue weighted by Crippen LogP contribution is -2.25. The highest BCUT2D eigenvalue weighted by Crippen LogP contribution is 2.23. The number of carbonyl (C=O) groups excluding carboxylic acids is 2. The van der Waals surface area contributed by atoms with Crippen molar-refractivity contribution in [3.8, 4) is 11.4 Å². The van der Waals surface area contributed by atoms with Crippen LogP contribution in [-0.4, -0.2) is 38.3 Å². The molecule has 0 radical (unpaired) electrons. The molecule has 0 fully saturated rings. The second kappa shape index (κ2) is 8.40. The zero-order valence-corrected chi connectivity index (χ0v) is 18.1. The van der Waals surface area contributed by atoms with Gasteiger partial charge in [-0.3, -0.25) is 9.59 Å². The van der Waals surface area contributed by atoms with E-state index in [-0.39, 0.29) is 5.91 Å². The molecule has 0 saturated heterocycles. The first-order chi connectivity index (χ1) is 16.0. The van der Waals surface area contributed by atoms with Crippen molar-refractivity contribution in [3.63, 3.8) is 0 Å². The Hall–Kier alpha value is -4.17. The number of fused-ring (bicyclic) bond motifs is 2. The van der Waals surface area contributed by atoms with E-state index in [2.05, 4.69) is 25.3 Å². The number of para-hydroxylation sites is 1. The van der Waals surface area contributed by atoms with Gasteiger partial charge in [-0.15, -0.1) is 0 Å². The van der Waals surface area contributed by atoms with Gasteiger partial charge in [-0.1, -0.05) is 29.8 Å². The Kier molecular flexibility index (Phi) is 5.27. The molecule has 0 bridgehead atoms. The van der Waals surface area contributed by atoms with E-state index in [1.54, 1.807) is 48.5 Å². The van der Waals surface area contributed by atoms with Gasteiger partial charge < -0.3 is 21.0 Å². The molecule has 5 rings (SSSR count). The Morgan fingerprint density at radius 2 is 1.79 bits per heavy atom. The van der Waals surface area contributed by atoms with Crippen molar-refractivity contribution in [1.82, 2.24) is 25.3 Å². The van der Waals surface area contributed by atoms with Crippen LogP contribution in [0.5, 0.6) is 0 Å². The SMILES string of the molecule is NC(=O)c1cccc2[nH]c(-c3ccc(C(=O)NCCc4nc5cc(Cl)ccc5[nH]4)cc3)nc12. The number of aromatic nitrogens is 4. The van der Waals surface area contributed by atoms with Crippen LogP contribution in [0.2, 0.25) is 5.02 Å². The number of benzene rings is 3. The molecule has 8 nitrogen and oxygen atoms in total. The Labute approximate surface area is 193 Å². The van der Waals surface area contributed by atoms with Gasteiger partial charge in [0.25, 0.3) is 11.8 Å². The van der Waals surface area contributed by atoms with Crippen molar-refractivity contribution in [2.75, 3.05) is 6.54 Å². The molecule has 0 aliphatic heterocycles. The number of imidazole rings is 2. The lowest BCUT2D eigenvalue weighted by atomic mass is 10.1.